The van der Waals surface area contributed by atoms with Gasteiger partial charge in [-0.25, -0.2) is 0 Å². The van der Waals surface area contributed by atoms with Gasteiger partial charge in [0, 0.05) is 6.08 Å². The summed E-state index contributed by atoms with van der Waals surface area (Å²) in [6, 6.07) is 8.19. The van der Waals surface area contributed by atoms with Crippen LogP contribution in [0, 0.1) is 21.4 Å². The third-order valence-electron chi connectivity index (χ3n) is 1.71. The molecule has 0 radical (unpaired) electrons. The minimum absolute atomic E-state index is 0.497. The molecule has 76 valence electrons. The van der Waals surface area contributed by atoms with Gasteiger partial charge in [-0.15, -0.1) is 0 Å². The number of hydrogen-bond donors (Lipinski definition) is 0. The van der Waals surface area contributed by atoms with Gasteiger partial charge in [-0.3, -0.25) is 10.1 Å². The van der Waals surface area contributed by atoms with Crippen LogP contribution in [-0.2, 0) is 0 Å². The Kier molecular flexibility index (Phi) is 3.41. The molecule has 5 heteroatoms. The van der Waals surface area contributed by atoms with Crippen LogP contribution in [0.4, 0.5) is 0 Å². The van der Waals surface area contributed by atoms with Crippen molar-refractivity contribution in [1.29, 1.82) is 5.26 Å². The predicted molar refractivity (Wildman–Crippen MR) is 53.6 cm³/mol. The van der Waals surface area contributed by atoms with Crippen molar-refractivity contribution in [3.8, 4) is 11.8 Å². The second-order valence-corrected chi connectivity index (χ2v) is 2.68. The Hall–Kier alpha value is -2.35. The molecule has 0 aromatic heterocycles. The van der Waals surface area contributed by atoms with Crippen molar-refractivity contribution in [3.05, 3.63) is 45.6 Å². The molecule has 0 N–H and O–H groups in total. The maximum absolute atomic E-state index is 10.4. The topological polar surface area (TPSA) is 76.2 Å². The van der Waals surface area contributed by atoms with Crippen molar-refractivity contribution in [2.45, 2.75) is 0 Å². The highest BCUT2D eigenvalue weighted by Gasteiger charge is 2.08. The number of benzene rings is 1. The van der Waals surface area contributed by atoms with Crippen LogP contribution in [0.1, 0.15) is 5.56 Å². The average Bonchev–Trinajstić information content (AvgIpc) is 2.25. The SMILES string of the molecule is COc1cccc(/C=C(\C#N)[N+](=O)[O-])c1. The molecule has 0 bridgehead atoms. The van der Waals surface area contributed by atoms with E-state index in [1.54, 1.807) is 24.3 Å². The van der Waals surface area contributed by atoms with Crippen LogP contribution in [-0.4, -0.2) is 12.0 Å². The Morgan fingerprint density at radius 3 is 2.93 bits per heavy atom. The lowest BCUT2D eigenvalue weighted by atomic mass is 10.2. The number of nitriles is 1. The van der Waals surface area contributed by atoms with E-state index in [9.17, 15) is 10.1 Å². The van der Waals surface area contributed by atoms with Crippen LogP contribution in [0.2, 0.25) is 0 Å². The van der Waals surface area contributed by atoms with Gasteiger partial charge in [0.15, 0.2) is 6.07 Å². The fourth-order valence-electron chi connectivity index (χ4n) is 1.01. The zero-order valence-corrected chi connectivity index (χ0v) is 8.01. The molecular weight excluding hydrogens is 196 g/mol. The summed E-state index contributed by atoms with van der Waals surface area (Å²) in [5, 5.41) is 18.9. The summed E-state index contributed by atoms with van der Waals surface area (Å²) in [5.41, 5.74) is 0.0610. The van der Waals surface area contributed by atoms with E-state index in [4.69, 9.17) is 10.00 Å². The summed E-state index contributed by atoms with van der Waals surface area (Å²) in [6.07, 6.45) is 1.20. The van der Waals surface area contributed by atoms with Crippen molar-refractivity contribution in [2.75, 3.05) is 7.11 Å². The summed E-state index contributed by atoms with van der Waals surface area (Å²) in [7, 11) is 1.50. The van der Waals surface area contributed by atoms with Gasteiger partial charge in [0.2, 0.25) is 0 Å². The molecule has 1 aromatic carbocycles. The summed E-state index contributed by atoms with van der Waals surface area (Å²) < 4.78 is 4.95. The van der Waals surface area contributed by atoms with Gasteiger partial charge in [-0.1, -0.05) is 12.1 Å². The number of nitrogens with zero attached hydrogens (tertiary/aromatic N) is 2. The van der Waals surface area contributed by atoms with E-state index in [2.05, 4.69) is 0 Å². The lowest BCUT2D eigenvalue weighted by Gasteiger charge is -1.99. The van der Waals surface area contributed by atoms with E-state index in [0.717, 1.165) is 0 Å². The van der Waals surface area contributed by atoms with Crippen molar-refractivity contribution in [3.63, 3.8) is 0 Å². The first-order chi connectivity index (χ1) is 7.17. The molecule has 0 saturated heterocycles. The first kappa shape index (κ1) is 10.7. The highest BCUT2D eigenvalue weighted by molar-refractivity contribution is 5.56. The van der Waals surface area contributed by atoms with Crippen LogP contribution in [0.3, 0.4) is 0 Å². The second-order valence-electron chi connectivity index (χ2n) is 2.68. The average molecular weight is 204 g/mol. The predicted octanol–water partition coefficient (Wildman–Crippen LogP) is 1.84. The van der Waals surface area contributed by atoms with E-state index >= 15 is 0 Å². The van der Waals surface area contributed by atoms with E-state index in [1.807, 2.05) is 0 Å². The molecule has 0 aliphatic heterocycles. The van der Waals surface area contributed by atoms with Crippen LogP contribution in [0.5, 0.6) is 5.75 Å². The van der Waals surface area contributed by atoms with Gasteiger partial charge < -0.3 is 4.74 Å². The third-order valence-corrected chi connectivity index (χ3v) is 1.71. The molecule has 0 unspecified atom stereocenters. The van der Waals surface area contributed by atoms with Crippen LogP contribution in [0.15, 0.2) is 30.0 Å². The van der Waals surface area contributed by atoms with Crippen LogP contribution in [0.25, 0.3) is 6.08 Å². The molecule has 0 spiro atoms. The molecule has 1 rings (SSSR count). The standard InChI is InChI=1S/C10H8N2O3/c1-15-10-4-2-3-8(6-10)5-9(7-11)12(13)14/h2-6H,1H3/b9-5+. The lowest BCUT2D eigenvalue weighted by molar-refractivity contribution is -0.415. The van der Waals surface area contributed by atoms with Crippen molar-refractivity contribution < 1.29 is 9.66 Å². The minimum atomic E-state index is -0.723. The van der Waals surface area contributed by atoms with Crippen molar-refractivity contribution in [2.24, 2.45) is 0 Å². The van der Waals surface area contributed by atoms with Gasteiger partial charge in [0.1, 0.15) is 5.75 Å². The monoisotopic (exact) mass is 204 g/mol. The number of ether oxygens (including phenoxy) is 1. The van der Waals surface area contributed by atoms with Gasteiger partial charge in [0.05, 0.1) is 12.0 Å². The molecule has 15 heavy (non-hydrogen) atoms. The van der Waals surface area contributed by atoms with E-state index < -0.39 is 10.6 Å². The molecule has 0 aliphatic carbocycles. The number of rotatable bonds is 3. The van der Waals surface area contributed by atoms with Gasteiger partial charge in [0.25, 0.3) is 0 Å². The zero-order valence-electron chi connectivity index (χ0n) is 8.01. The van der Waals surface area contributed by atoms with Gasteiger partial charge in [-0.2, -0.15) is 5.26 Å². The third kappa shape index (κ3) is 2.81. The first-order valence-electron chi connectivity index (χ1n) is 4.07. The Bertz CT molecular complexity index is 446. The highest BCUT2D eigenvalue weighted by Crippen LogP contribution is 2.15. The quantitative estimate of drug-likeness (QED) is 0.427. The molecular formula is C10H8N2O3. The maximum Gasteiger partial charge on any atom is 0.346 e. The number of allylic oxidation sites excluding steroid dienone is 1. The Labute approximate surface area is 86.4 Å². The summed E-state index contributed by atoms with van der Waals surface area (Å²) in [5.74, 6) is 0.587. The van der Waals surface area contributed by atoms with Crippen molar-refractivity contribution in [1.82, 2.24) is 0 Å². The summed E-state index contributed by atoms with van der Waals surface area (Å²) in [6.45, 7) is 0. The van der Waals surface area contributed by atoms with Crippen LogP contribution >= 0.6 is 0 Å². The Balaban J connectivity index is 3.07. The molecule has 0 atom stereocenters. The molecule has 0 saturated carbocycles. The molecule has 1 aromatic rings. The molecule has 0 amide bonds. The van der Waals surface area contributed by atoms with Crippen LogP contribution < -0.4 is 4.74 Å². The van der Waals surface area contributed by atoms with E-state index in [0.29, 0.717) is 11.3 Å². The summed E-state index contributed by atoms with van der Waals surface area (Å²) >= 11 is 0. The fraction of sp³-hybridized carbons (Fsp3) is 0.100. The molecule has 0 fully saturated rings. The summed E-state index contributed by atoms with van der Waals surface area (Å²) in [4.78, 5) is 9.65. The minimum Gasteiger partial charge on any atom is -0.497 e. The number of nitro groups is 1. The molecule has 5 nitrogen and oxygen atoms in total. The van der Waals surface area contributed by atoms with Crippen molar-refractivity contribution >= 4 is 6.08 Å². The Morgan fingerprint density at radius 1 is 1.67 bits per heavy atom. The second kappa shape index (κ2) is 4.77. The normalized spacial score (nSPS) is 10.5. The fourth-order valence-corrected chi connectivity index (χ4v) is 1.01. The molecule has 0 heterocycles. The smallest absolute Gasteiger partial charge is 0.346 e. The van der Waals surface area contributed by atoms with Gasteiger partial charge in [-0.05, 0) is 17.7 Å². The Morgan fingerprint density at radius 2 is 2.40 bits per heavy atom. The highest BCUT2D eigenvalue weighted by atomic mass is 16.6. The number of hydrogen-bond acceptors (Lipinski definition) is 4. The molecule has 0 aliphatic rings. The number of methoxy groups -OCH3 is 1. The largest absolute Gasteiger partial charge is 0.497 e. The van der Waals surface area contributed by atoms with Gasteiger partial charge >= 0.3 is 5.70 Å². The van der Waals surface area contributed by atoms with E-state index in [-0.39, 0.29) is 0 Å². The maximum atomic E-state index is 10.4. The van der Waals surface area contributed by atoms with E-state index in [1.165, 1.54) is 19.3 Å². The first-order valence-corrected chi connectivity index (χ1v) is 4.07. The lowest BCUT2D eigenvalue weighted by Crippen LogP contribution is -1.95. The zero-order chi connectivity index (χ0) is 11.3.